The molecule has 5 aromatic carbocycles. The molecule has 7 rings (SSSR count). The van der Waals surface area contributed by atoms with Gasteiger partial charge in [0.2, 0.25) is 6.71 Å². The molecule has 256 valence electrons. The summed E-state index contributed by atoms with van der Waals surface area (Å²) in [6.45, 7) is 24.2. The minimum absolute atomic E-state index is 0.158. The molecule has 0 radical (unpaired) electrons. The SMILES string of the molecule is CC(C)c1cc(C(C)C)c(B2c3ccccc3N(C)c3cc(N4c5ccccc5[Si](C(C)C)(C(C)C)c5ccccc54)ccc32)c(C(C)C)c1. The molecule has 0 aliphatic carbocycles. The van der Waals surface area contributed by atoms with E-state index < -0.39 is 8.07 Å². The highest BCUT2D eigenvalue weighted by molar-refractivity contribution is 7.06. The summed E-state index contributed by atoms with van der Waals surface area (Å²) in [5.74, 6) is 1.33. The predicted octanol–water partition coefficient (Wildman–Crippen LogP) is 9.82. The fourth-order valence-electron chi connectivity index (χ4n) is 9.70. The number of para-hydroxylation sites is 3. The Kier molecular flexibility index (Phi) is 8.92. The number of hydrogen-bond acceptors (Lipinski definition) is 2. The van der Waals surface area contributed by atoms with E-state index >= 15 is 0 Å². The van der Waals surface area contributed by atoms with Crippen molar-refractivity contribution < 1.29 is 0 Å². The Morgan fingerprint density at radius 1 is 0.500 bits per heavy atom. The highest BCUT2D eigenvalue weighted by Gasteiger charge is 2.50. The Morgan fingerprint density at radius 2 is 0.980 bits per heavy atom. The summed E-state index contributed by atoms with van der Waals surface area (Å²) in [6, 6.07) is 40.2. The molecule has 2 nitrogen and oxygen atoms in total. The maximum Gasteiger partial charge on any atom is 0.247 e. The van der Waals surface area contributed by atoms with E-state index in [2.05, 4.69) is 189 Å². The number of nitrogens with zero attached hydrogens (tertiary/aromatic N) is 2. The fourth-order valence-corrected chi connectivity index (χ4v) is 15.8. The van der Waals surface area contributed by atoms with Crippen LogP contribution in [-0.2, 0) is 0 Å². The van der Waals surface area contributed by atoms with Crippen molar-refractivity contribution in [1.82, 2.24) is 0 Å². The van der Waals surface area contributed by atoms with Crippen molar-refractivity contribution in [1.29, 1.82) is 0 Å². The first-order chi connectivity index (χ1) is 23.9. The molecule has 0 atom stereocenters. The maximum absolute atomic E-state index is 2.57. The lowest BCUT2D eigenvalue weighted by Crippen LogP contribution is -2.66. The van der Waals surface area contributed by atoms with Gasteiger partial charge in [-0.15, -0.1) is 0 Å². The van der Waals surface area contributed by atoms with E-state index in [1.54, 1.807) is 10.4 Å². The summed E-state index contributed by atoms with van der Waals surface area (Å²) in [7, 11) is 0.166. The number of rotatable bonds is 7. The Hall–Kier alpha value is -4.02. The largest absolute Gasteiger partial charge is 0.345 e. The second-order valence-corrected chi connectivity index (χ2v) is 21.5. The molecule has 0 amide bonds. The zero-order valence-electron chi connectivity index (χ0n) is 32.2. The summed E-state index contributed by atoms with van der Waals surface area (Å²) in [5, 5.41) is 3.12. The van der Waals surface area contributed by atoms with Gasteiger partial charge in [0.15, 0.2) is 0 Å². The third-order valence-corrected chi connectivity index (χ3v) is 18.3. The minimum atomic E-state index is -2.10. The number of hydrogen-bond donors (Lipinski definition) is 0. The van der Waals surface area contributed by atoms with Crippen molar-refractivity contribution in [2.24, 2.45) is 0 Å². The third-order valence-electron chi connectivity index (χ3n) is 12.0. The summed E-state index contributed by atoms with van der Waals surface area (Å²) < 4.78 is 0. The quantitative estimate of drug-likeness (QED) is 0.159. The summed E-state index contributed by atoms with van der Waals surface area (Å²) in [4.78, 5) is 5.02. The Labute approximate surface area is 303 Å². The molecule has 5 aromatic rings. The highest BCUT2D eigenvalue weighted by atomic mass is 28.3. The lowest BCUT2D eigenvalue weighted by molar-refractivity contribution is 0.812. The standard InChI is InChI=1S/C46H55BN2Si/c1-29(2)34-26-36(30(3)4)46(37(27-34)31(5)6)47-38-18-12-13-19-40(38)48(11)43-28-35(24-25-39(43)47)49-41-20-14-16-22-44(41)50(32(7)8,33(9)10)45-23-17-15-21-42(45)49/h12-33H,1-11H3. The second-order valence-electron chi connectivity index (χ2n) is 16.4. The van der Waals surface area contributed by atoms with Crippen LogP contribution in [0.1, 0.15) is 104 Å². The first-order valence-electron chi connectivity index (χ1n) is 19.0. The topological polar surface area (TPSA) is 6.48 Å². The molecular weight excluding hydrogens is 619 g/mol. The Balaban J connectivity index is 1.49. The first kappa shape index (κ1) is 34.4. The van der Waals surface area contributed by atoms with Crippen molar-refractivity contribution in [3.63, 3.8) is 0 Å². The highest BCUT2D eigenvalue weighted by Crippen LogP contribution is 2.45. The van der Waals surface area contributed by atoms with Crippen LogP contribution in [0.15, 0.2) is 103 Å². The van der Waals surface area contributed by atoms with Gasteiger partial charge in [0.05, 0.1) is 0 Å². The van der Waals surface area contributed by atoms with Crippen molar-refractivity contribution in [3.8, 4) is 0 Å². The van der Waals surface area contributed by atoms with Crippen molar-refractivity contribution in [2.45, 2.75) is 98.1 Å². The Morgan fingerprint density at radius 3 is 1.48 bits per heavy atom. The molecular formula is C46H55BN2Si. The van der Waals surface area contributed by atoms with Gasteiger partial charge >= 0.3 is 0 Å². The lowest BCUT2D eigenvalue weighted by atomic mass is 9.33. The molecule has 50 heavy (non-hydrogen) atoms. The lowest BCUT2D eigenvalue weighted by Gasteiger charge is -2.49. The van der Waals surface area contributed by atoms with Crippen LogP contribution in [-0.4, -0.2) is 21.8 Å². The number of benzene rings is 5. The third kappa shape index (κ3) is 5.12. The van der Waals surface area contributed by atoms with Crippen LogP contribution in [0.4, 0.5) is 28.4 Å². The van der Waals surface area contributed by atoms with Gasteiger partial charge < -0.3 is 9.80 Å². The molecule has 0 spiro atoms. The van der Waals surface area contributed by atoms with E-state index in [0.29, 0.717) is 28.8 Å². The van der Waals surface area contributed by atoms with Crippen LogP contribution in [0.2, 0.25) is 11.1 Å². The van der Waals surface area contributed by atoms with Crippen molar-refractivity contribution in [3.05, 3.63) is 120 Å². The number of anilines is 5. The van der Waals surface area contributed by atoms with Crippen LogP contribution < -0.4 is 36.6 Å². The van der Waals surface area contributed by atoms with Crippen LogP contribution in [0.5, 0.6) is 0 Å². The molecule has 2 aliphatic rings. The first-order valence-corrected chi connectivity index (χ1v) is 21.2. The molecule has 0 unspecified atom stereocenters. The van der Waals surface area contributed by atoms with E-state index in [0.717, 1.165) is 0 Å². The minimum Gasteiger partial charge on any atom is -0.345 e. The van der Waals surface area contributed by atoms with Gasteiger partial charge in [0, 0.05) is 35.5 Å². The maximum atomic E-state index is 2.57. The average molecular weight is 675 g/mol. The van der Waals surface area contributed by atoms with E-state index in [1.807, 2.05) is 0 Å². The van der Waals surface area contributed by atoms with Gasteiger partial charge in [-0.2, -0.15) is 0 Å². The van der Waals surface area contributed by atoms with Crippen LogP contribution >= 0.6 is 0 Å². The monoisotopic (exact) mass is 674 g/mol. The van der Waals surface area contributed by atoms with Gasteiger partial charge in [-0.25, -0.2) is 0 Å². The molecule has 0 saturated heterocycles. The summed E-state index contributed by atoms with van der Waals surface area (Å²) in [5.41, 5.74) is 16.4. The van der Waals surface area contributed by atoms with Gasteiger partial charge in [0.25, 0.3) is 0 Å². The van der Waals surface area contributed by atoms with Gasteiger partial charge in [-0.3, -0.25) is 0 Å². The molecule has 0 aromatic heterocycles. The van der Waals surface area contributed by atoms with Crippen molar-refractivity contribution >= 4 is 70.0 Å². The van der Waals surface area contributed by atoms with E-state index in [1.165, 1.54) is 61.5 Å². The average Bonchev–Trinajstić information content (AvgIpc) is 3.09. The number of fused-ring (bicyclic) bond motifs is 4. The summed E-state index contributed by atoms with van der Waals surface area (Å²) in [6.07, 6.45) is 0. The van der Waals surface area contributed by atoms with E-state index in [9.17, 15) is 0 Å². The van der Waals surface area contributed by atoms with Crippen LogP contribution in [0, 0.1) is 0 Å². The zero-order chi connectivity index (χ0) is 35.6. The van der Waals surface area contributed by atoms with E-state index in [4.69, 9.17) is 0 Å². The molecule has 0 bridgehead atoms. The molecule has 2 heterocycles. The molecule has 2 aliphatic heterocycles. The predicted molar refractivity (Wildman–Crippen MR) is 224 cm³/mol. The second kappa shape index (κ2) is 12.9. The van der Waals surface area contributed by atoms with Gasteiger partial charge in [0.1, 0.15) is 8.07 Å². The molecule has 0 saturated carbocycles. The molecule has 0 fully saturated rings. The zero-order valence-corrected chi connectivity index (χ0v) is 33.2. The smallest absolute Gasteiger partial charge is 0.247 e. The fraction of sp³-hybridized carbons (Fsp3) is 0.348. The van der Waals surface area contributed by atoms with Crippen LogP contribution in [0.25, 0.3) is 0 Å². The normalized spacial score (nSPS) is 14.8. The van der Waals surface area contributed by atoms with Crippen LogP contribution in [0.3, 0.4) is 0 Å². The van der Waals surface area contributed by atoms with E-state index in [-0.39, 0.29) is 6.71 Å². The van der Waals surface area contributed by atoms with Gasteiger partial charge in [-0.1, -0.05) is 147 Å². The Bertz CT molecular complexity index is 1970. The van der Waals surface area contributed by atoms with Gasteiger partial charge in [-0.05, 0) is 97.2 Å². The molecule has 0 N–H and O–H groups in total. The summed E-state index contributed by atoms with van der Waals surface area (Å²) >= 11 is 0. The van der Waals surface area contributed by atoms with Crippen molar-refractivity contribution in [2.75, 3.05) is 16.8 Å². The molecule has 4 heteroatoms.